The number of ether oxygens (including phenoxy) is 1. The summed E-state index contributed by atoms with van der Waals surface area (Å²) >= 11 is 1.61. The van der Waals surface area contributed by atoms with Crippen LogP contribution in [0.25, 0.3) is 10.2 Å². The summed E-state index contributed by atoms with van der Waals surface area (Å²) in [7, 11) is 0. The van der Waals surface area contributed by atoms with Gasteiger partial charge in [0.1, 0.15) is 0 Å². The number of esters is 1. The number of urea groups is 1. The van der Waals surface area contributed by atoms with E-state index < -0.39 is 24.5 Å². The molecule has 3 amide bonds. The number of amides is 3. The van der Waals surface area contributed by atoms with Crippen LogP contribution in [0, 0.1) is 5.92 Å². The van der Waals surface area contributed by atoms with Gasteiger partial charge in [-0.05, 0) is 31.4 Å². The summed E-state index contributed by atoms with van der Waals surface area (Å²) in [6.07, 6.45) is 4.36. The summed E-state index contributed by atoms with van der Waals surface area (Å²) in [6.45, 7) is 1.93. The van der Waals surface area contributed by atoms with E-state index in [-0.39, 0.29) is 11.8 Å². The van der Waals surface area contributed by atoms with Crippen LogP contribution in [0.5, 0.6) is 0 Å². The maximum atomic E-state index is 12.6. The molecular weight excluding hydrogens is 378 g/mol. The molecule has 2 atom stereocenters. The molecule has 1 fully saturated rings. The molecule has 0 bridgehead atoms. The van der Waals surface area contributed by atoms with Crippen LogP contribution in [0.3, 0.4) is 0 Å². The predicted molar refractivity (Wildman–Crippen MR) is 107 cm³/mol. The Labute approximate surface area is 167 Å². The molecule has 1 aliphatic carbocycles. The molecule has 8 heteroatoms. The van der Waals surface area contributed by atoms with E-state index in [1.807, 2.05) is 31.2 Å². The largest absolute Gasteiger partial charge is 0.455 e. The van der Waals surface area contributed by atoms with Crippen LogP contribution in [-0.4, -0.2) is 36.0 Å². The molecule has 0 unspecified atom stereocenters. The van der Waals surface area contributed by atoms with Gasteiger partial charge in [-0.15, -0.1) is 11.3 Å². The Kier molecular flexibility index (Phi) is 6.97. The summed E-state index contributed by atoms with van der Waals surface area (Å²) in [5.74, 6) is -1.33. The van der Waals surface area contributed by atoms with Gasteiger partial charge in [-0.1, -0.05) is 31.9 Å². The van der Waals surface area contributed by atoms with Crippen molar-refractivity contribution in [3.05, 3.63) is 29.3 Å². The summed E-state index contributed by atoms with van der Waals surface area (Å²) in [4.78, 5) is 40.6. The molecule has 0 spiro atoms. The number of nitrogens with zero attached hydrogens (tertiary/aromatic N) is 1. The van der Waals surface area contributed by atoms with Gasteiger partial charge in [-0.3, -0.25) is 14.9 Å². The smallest absolute Gasteiger partial charge is 0.321 e. The van der Waals surface area contributed by atoms with Gasteiger partial charge in [-0.2, -0.15) is 0 Å². The van der Waals surface area contributed by atoms with Crippen LogP contribution in [0.4, 0.5) is 4.79 Å². The van der Waals surface area contributed by atoms with E-state index >= 15 is 0 Å². The summed E-state index contributed by atoms with van der Waals surface area (Å²) in [5, 5.41) is 5.64. The number of fused-ring (bicyclic) bond motifs is 1. The third kappa shape index (κ3) is 5.07. The SMILES string of the molecule is CCCNC(=O)NC(=O)COC(=O)[C@@H]1CCCC[C@H]1c1nc2ccccc2s1. The molecule has 150 valence electrons. The second kappa shape index (κ2) is 9.64. The third-order valence-electron chi connectivity index (χ3n) is 4.83. The average Bonchev–Trinajstić information content (AvgIpc) is 3.14. The highest BCUT2D eigenvalue weighted by atomic mass is 32.1. The minimum absolute atomic E-state index is 0.00886. The van der Waals surface area contributed by atoms with Crippen LogP contribution >= 0.6 is 11.3 Å². The van der Waals surface area contributed by atoms with Crippen molar-refractivity contribution in [2.24, 2.45) is 5.92 Å². The lowest BCUT2D eigenvalue weighted by Gasteiger charge is -2.28. The first-order chi connectivity index (χ1) is 13.6. The Bertz CT molecular complexity index is 818. The first-order valence-electron chi connectivity index (χ1n) is 9.68. The molecular formula is C20H25N3O4S. The third-order valence-corrected chi connectivity index (χ3v) is 6.00. The van der Waals surface area contributed by atoms with E-state index in [1.54, 1.807) is 11.3 Å². The van der Waals surface area contributed by atoms with Crippen molar-refractivity contribution in [1.82, 2.24) is 15.6 Å². The highest BCUT2D eigenvalue weighted by molar-refractivity contribution is 7.18. The highest BCUT2D eigenvalue weighted by Crippen LogP contribution is 2.41. The summed E-state index contributed by atoms with van der Waals surface area (Å²) in [5.41, 5.74) is 0.942. The molecule has 0 aliphatic heterocycles. The molecule has 1 aromatic carbocycles. The number of para-hydroxylation sites is 1. The fourth-order valence-electron chi connectivity index (χ4n) is 3.45. The zero-order valence-electron chi connectivity index (χ0n) is 15.9. The van der Waals surface area contributed by atoms with Gasteiger partial charge >= 0.3 is 12.0 Å². The second-order valence-electron chi connectivity index (χ2n) is 6.93. The molecule has 1 heterocycles. The number of hydrogen-bond acceptors (Lipinski definition) is 6. The van der Waals surface area contributed by atoms with Crippen molar-refractivity contribution < 1.29 is 19.1 Å². The van der Waals surface area contributed by atoms with Crippen LogP contribution in [0.15, 0.2) is 24.3 Å². The maximum Gasteiger partial charge on any atom is 0.321 e. The summed E-state index contributed by atoms with van der Waals surface area (Å²) < 4.78 is 6.32. The zero-order chi connectivity index (χ0) is 19.9. The molecule has 2 aromatic rings. The Morgan fingerprint density at radius 1 is 1.21 bits per heavy atom. The number of hydrogen-bond donors (Lipinski definition) is 2. The van der Waals surface area contributed by atoms with Gasteiger partial charge in [0.05, 0.1) is 21.1 Å². The van der Waals surface area contributed by atoms with Gasteiger partial charge < -0.3 is 10.1 Å². The molecule has 28 heavy (non-hydrogen) atoms. The molecule has 7 nitrogen and oxygen atoms in total. The number of benzene rings is 1. The molecule has 1 aromatic heterocycles. The van der Waals surface area contributed by atoms with Gasteiger partial charge in [0.15, 0.2) is 6.61 Å². The molecule has 3 rings (SSSR count). The number of rotatable bonds is 6. The average molecular weight is 404 g/mol. The second-order valence-corrected chi connectivity index (χ2v) is 7.99. The number of imide groups is 1. The van der Waals surface area contributed by atoms with Gasteiger partial charge in [0, 0.05) is 12.5 Å². The van der Waals surface area contributed by atoms with E-state index in [1.165, 1.54) is 0 Å². The fourth-order valence-corrected chi connectivity index (χ4v) is 4.61. The fraction of sp³-hybridized carbons (Fsp3) is 0.500. The first kappa shape index (κ1) is 20.3. The van der Waals surface area contributed by atoms with Crippen LogP contribution < -0.4 is 10.6 Å². The van der Waals surface area contributed by atoms with Gasteiger partial charge in [-0.25, -0.2) is 9.78 Å². The number of carbonyl (C=O) groups is 3. The van der Waals surface area contributed by atoms with Gasteiger partial charge in [0.2, 0.25) is 0 Å². The Morgan fingerprint density at radius 2 is 2.00 bits per heavy atom. The minimum Gasteiger partial charge on any atom is -0.455 e. The molecule has 0 radical (unpaired) electrons. The topological polar surface area (TPSA) is 97.4 Å². The number of aromatic nitrogens is 1. The number of carbonyl (C=O) groups excluding carboxylic acids is 3. The molecule has 0 saturated heterocycles. The van der Waals surface area contributed by atoms with E-state index in [0.717, 1.165) is 47.3 Å². The minimum atomic E-state index is -0.630. The normalized spacial score (nSPS) is 19.2. The lowest BCUT2D eigenvalue weighted by Crippen LogP contribution is -2.42. The lowest BCUT2D eigenvalue weighted by molar-refractivity contribution is -0.154. The quantitative estimate of drug-likeness (QED) is 0.721. The molecule has 1 saturated carbocycles. The predicted octanol–water partition coefficient (Wildman–Crippen LogP) is 3.35. The van der Waals surface area contributed by atoms with Crippen molar-refractivity contribution in [2.75, 3.05) is 13.2 Å². The van der Waals surface area contributed by atoms with Crippen molar-refractivity contribution >= 4 is 39.5 Å². The van der Waals surface area contributed by atoms with Crippen LogP contribution in [0.1, 0.15) is 50.0 Å². The summed E-state index contributed by atoms with van der Waals surface area (Å²) in [6, 6.07) is 7.35. The van der Waals surface area contributed by atoms with E-state index in [9.17, 15) is 14.4 Å². The Morgan fingerprint density at radius 3 is 2.79 bits per heavy atom. The van der Waals surface area contributed by atoms with Crippen molar-refractivity contribution in [1.29, 1.82) is 0 Å². The highest BCUT2D eigenvalue weighted by Gasteiger charge is 2.35. The molecule has 2 N–H and O–H groups in total. The number of thiazole rings is 1. The van der Waals surface area contributed by atoms with Gasteiger partial charge in [0.25, 0.3) is 5.91 Å². The lowest BCUT2D eigenvalue weighted by atomic mass is 9.79. The molecule has 1 aliphatic rings. The van der Waals surface area contributed by atoms with E-state index in [4.69, 9.17) is 9.72 Å². The Balaban J connectivity index is 1.59. The van der Waals surface area contributed by atoms with Crippen molar-refractivity contribution in [3.8, 4) is 0 Å². The van der Waals surface area contributed by atoms with Crippen molar-refractivity contribution in [3.63, 3.8) is 0 Å². The first-order valence-corrected chi connectivity index (χ1v) is 10.5. The van der Waals surface area contributed by atoms with E-state index in [2.05, 4.69) is 10.6 Å². The zero-order valence-corrected chi connectivity index (χ0v) is 16.7. The van der Waals surface area contributed by atoms with Crippen molar-refractivity contribution in [2.45, 2.75) is 44.9 Å². The number of nitrogens with one attached hydrogen (secondary N) is 2. The standard InChI is InChI=1S/C20H25N3O4S/c1-2-11-21-20(26)23-17(24)12-27-19(25)14-8-4-3-7-13(14)18-22-15-9-5-6-10-16(15)28-18/h5-6,9-10,13-14H,2-4,7-8,11-12H2,1H3,(H2,21,23,24,26)/t13-,14-/m1/s1. The Hall–Kier alpha value is -2.48. The van der Waals surface area contributed by atoms with Crippen LogP contribution in [-0.2, 0) is 14.3 Å². The van der Waals surface area contributed by atoms with E-state index in [0.29, 0.717) is 6.54 Å². The monoisotopic (exact) mass is 403 g/mol. The van der Waals surface area contributed by atoms with Crippen LogP contribution in [0.2, 0.25) is 0 Å². The maximum absolute atomic E-state index is 12.6.